The van der Waals surface area contributed by atoms with Gasteiger partial charge in [-0.15, -0.1) is 0 Å². The molecule has 46 heavy (non-hydrogen) atoms. The average Bonchev–Trinajstić information content (AvgIpc) is 3.07. The molecule has 0 fully saturated rings. The molecule has 0 aliphatic heterocycles. The quantitative estimate of drug-likeness (QED) is 0.166. The van der Waals surface area contributed by atoms with Gasteiger partial charge >= 0.3 is 0 Å². The predicted molar refractivity (Wildman–Crippen MR) is 173 cm³/mol. The predicted octanol–water partition coefficient (Wildman–Crippen LogP) is 5.73. The standard InChI is InChI=1S/C35H37F2N3O5S/c1-3-4-22-38-35(42)33(23-26-10-6-5-7-11-26)39(24-27-12-8-9-13-32(27)37)34(41)25-40(29-16-14-28(36)15-17-29)46(43,44)31-20-18-30(45-2)19-21-31/h5-21,33H,3-4,22-25H2,1-2H3,(H,38,42). The molecule has 11 heteroatoms. The van der Waals surface area contributed by atoms with E-state index in [2.05, 4.69) is 5.32 Å². The Bertz CT molecular complexity index is 1700. The van der Waals surface area contributed by atoms with Crippen LogP contribution in [-0.2, 0) is 32.6 Å². The van der Waals surface area contributed by atoms with Crippen molar-refractivity contribution in [1.29, 1.82) is 0 Å². The van der Waals surface area contributed by atoms with Crippen molar-refractivity contribution in [2.75, 3.05) is 24.5 Å². The summed E-state index contributed by atoms with van der Waals surface area (Å²) in [7, 11) is -2.94. The highest BCUT2D eigenvalue weighted by Gasteiger charge is 2.35. The van der Waals surface area contributed by atoms with E-state index >= 15 is 4.39 Å². The molecule has 0 bridgehead atoms. The van der Waals surface area contributed by atoms with Gasteiger partial charge in [0.25, 0.3) is 10.0 Å². The van der Waals surface area contributed by atoms with E-state index < -0.39 is 46.1 Å². The van der Waals surface area contributed by atoms with Gasteiger partial charge in [0, 0.05) is 25.1 Å². The highest BCUT2D eigenvalue weighted by atomic mass is 32.2. The molecule has 0 saturated heterocycles. The van der Waals surface area contributed by atoms with Crippen molar-refractivity contribution < 1.29 is 31.5 Å². The third kappa shape index (κ3) is 8.69. The highest BCUT2D eigenvalue weighted by Crippen LogP contribution is 2.27. The van der Waals surface area contributed by atoms with Crippen LogP contribution in [0, 0.1) is 11.6 Å². The number of nitrogens with zero attached hydrogens (tertiary/aromatic N) is 2. The maximum Gasteiger partial charge on any atom is 0.264 e. The van der Waals surface area contributed by atoms with Crippen LogP contribution in [0.3, 0.4) is 0 Å². The number of rotatable bonds is 15. The zero-order valence-electron chi connectivity index (χ0n) is 25.7. The second kappa shape index (κ2) is 16.0. The molecule has 0 spiro atoms. The number of amides is 2. The minimum atomic E-state index is -4.39. The first-order valence-electron chi connectivity index (χ1n) is 14.9. The molecule has 0 heterocycles. The Morgan fingerprint density at radius 2 is 1.52 bits per heavy atom. The van der Waals surface area contributed by atoms with Crippen molar-refractivity contribution in [2.45, 2.75) is 43.7 Å². The van der Waals surface area contributed by atoms with Crippen LogP contribution in [-0.4, -0.2) is 51.4 Å². The lowest BCUT2D eigenvalue weighted by atomic mass is 10.0. The number of carbonyl (C=O) groups excluding carboxylic acids is 2. The zero-order valence-corrected chi connectivity index (χ0v) is 26.6. The second-order valence-electron chi connectivity index (χ2n) is 10.6. The maximum absolute atomic E-state index is 15.0. The van der Waals surface area contributed by atoms with Crippen LogP contribution in [0.5, 0.6) is 5.75 Å². The number of hydrogen-bond donors (Lipinski definition) is 1. The van der Waals surface area contributed by atoms with E-state index in [9.17, 15) is 22.4 Å². The minimum absolute atomic E-state index is 0.0309. The molecular weight excluding hydrogens is 612 g/mol. The lowest BCUT2D eigenvalue weighted by molar-refractivity contribution is -0.140. The molecule has 0 radical (unpaired) electrons. The minimum Gasteiger partial charge on any atom is -0.497 e. The van der Waals surface area contributed by atoms with E-state index in [4.69, 9.17) is 4.74 Å². The molecular formula is C35H37F2N3O5S. The number of carbonyl (C=O) groups is 2. The summed E-state index contributed by atoms with van der Waals surface area (Å²) >= 11 is 0. The van der Waals surface area contributed by atoms with Crippen LogP contribution < -0.4 is 14.4 Å². The summed E-state index contributed by atoms with van der Waals surface area (Å²) in [5.74, 6) is -1.95. The van der Waals surface area contributed by atoms with Gasteiger partial charge in [0.2, 0.25) is 11.8 Å². The summed E-state index contributed by atoms with van der Waals surface area (Å²) < 4.78 is 63.0. The van der Waals surface area contributed by atoms with E-state index in [1.54, 1.807) is 6.07 Å². The van der Waals surface area contributed by atoms with Crippen molar-refractivity contribution >= 4 is 27.5 Å². The number of nitrogens with one attached hydrogen (secondary N) is 1. The van der Waals surface area contributed by atoms with Crippen molar-refractivity contribution in [3.05, 3.63) is 126 Å². The van der Waals surface area contributed by atoms with Crippen molar-refractivity contribution in [2.24, 2.45) is 0 Å². The molecule has 4 aromatic rings. The van der Waals surface area contributed by atoms with Gasteiger partial charge in [-0.1, -0.05) is 61.9 Å². The number of halogens is 2. The topological polar surface area (TPSA) is 96.0 Å². The maximum atomic E-state index is 15.0. The molecule has 1 unspecified atom stereocenters. The van der Waals surface area contributed by atoms with Crippen LogP contribution in [0.2, 0.25) is 0 Å². The highest BCUT2D eigenvalue weighted by molar-refractivity contribution is 7.92. The summed E-state index contributed by atoms with van der Waals surface area (Å²) in [6.45, 7) is 1.30. The number of methoxy groups -OCH3 is 1. The number of anilines is 1. The summed E-state index contributed by atoms with van der Waals surface area (Å²) in [5.41, 5.74) is 0.941. The molecule has 1 atom stereocenters. The largest absolute Gasteiger partial charge is 0.497 e. The zero-order chi connectivity index (χ0) is 33.1. The first-order chi connectivity index (χ1) is 22.1. The molecule has 2 amide bonds. The van der Waals surface area contributed by atoms with Gasteiger partial charge in [0.15, 0.2) is 0 Å². The normalized spacial score (nSPS) is 11.8. The summed E-state index contributed by atoms with van der Waals surface area (Å²) in [5, 5.41) is 2.89. The Morgan fingerprint density at radius 1 is 0.870 bits per heavy atom. The lowest BCUT2D eigenvalue weighted by Crippen LogP contribution is -2.53. The Labute approximate surface area is 268 Å². The van der Waals surface area contributed by atoms with Crippen LogP contribution in [0.4, 0.5) is 14.5 Å². The van der Waals surface area contributed by atoms with E-state index in [-0.39, 0.29) is 29.1 Å². The van der Waals surface area contributed by atoms with Crippen molar-refractivity contribution in [3.8, 4) is 5.75 Å². The van der Waals surface area contributed by atoms with Gasteiger partial charge < -0.3 is 15.0 Å². The Balaban J connectivity index is 1.79. The van der Waals surface area contributed by atoms with Gasteiger partial charge in [-0.2, -0.15) is 0 Å². The number of sulfonamides is 1. The third-order valence-corrected chi connectivity index (χ3v) is 9.23. The second-order valence-corrected chi connectivity index (χ2v) is 12.5. The average molecular weight is 650 g/mol. The van der Waals surface area contributed by atoms with E-state index in [0.717, 1.165) is 28.4 Å². The summed E-state index contributed by atoms with van der Waals surface area (Å²) in [4.78, 5) is 29.2. The fraction of sp³-hybridized carbons (Fsp3) is 0.257. The van der Waals surface area contributed by atoms with Gasteiger partial charge in [-0.3, -0.25) is 13.9 Å². The number of ether oxygens (including phenoxy) is 1. The molecule has 0 aliphatic rings. The van der Waals surface area contributed by atoms with Crippen LogP contribution in [0.25, 0.3) is 0 Å². The van der Waals surface area contributed by atoms with Crippen LogP contribution in [0.1, 0.15) is 30.9 Å². The number of unbranched alkanes of at least 4 members (excludes halogenated alkanes) is 1. The van der Waals surface area contributed by atoms with Crippen molar-refractivity contribution in [1.82, 2.24) is 10.2 Å². The van der Waals surface area contributed by atoms with Gasteiger partial charge in [0.05, 0.1) is 17.7 Å². The molecule has 0 aliphatic carbocycles. The Hall–Kier alpha value is -4.77. The lowest BCUT2D eigenvalue weighted by Gasteiger charge is -2.34. The smallest absolute Gasteiger partial charge is 0.264 e. The SMILES string of the molecule is CCCCNC(=O)C(Cc1ccccc1)N(Cc1ccccc1F)C(=O)CN(c1ccc(F)cc1)S(=O)(=O)c1ccc(OC)cc1. The van der Waals surface area contributed by atoms with Gasteiger partial charge in [0.1, 0.15) is 30.0 Å². The number of benzene rings is 4. The molecule has 242 valence electrons. The first-order valence-corrected chi connectivity index (χ1v) is 16.3. The molecule has 8 nitrogen and oxygen atoms in total. The van der Waals surface area contributed by atoms with Crippen molar-refractivity contribution in [3.63, 3.8) is 0 Å². The monoisotopic (exact) mass is 649 g/mol. The molecule has 1 N–H and O–H groups in total. The van der Waals surface area contributed by atoms with Gasteiger partial charge in [-0.05, 0) is 66.6 Å². The fourth-order valence-corrected chi connectivity index (χ4v) is 6.30. The number of hydrogen-bond acceptors (Lipinski definition) is 5. The Morgan fingerprint density at radius 3 is 2.15 bits per heavy atom. The third-order valence-electron chi connectivity index (χ3n) is 7.44. The van der Waals surface area contributed by atoms with E-state index in [1.165, 1.54) is 66.6 Å². The van der Waals surface area contributed by atoms with Gasteiger partial charge in [-0.25, -0.2) is 17.2 Å². The van der Waals surface area contributed by atoms with Crippen LogP contribution in [0.15, 0.2) is 108 Å². The van der Waals surface area contributed by atoms with E-state index in [0.29, 0.717) is 18.7 Å². The summed E-state index contributed by atoms with van der Waals surface area (Å²) in [6.07, 6.45) is 1.64. The fourth-order valence-electron chi connectivity index (χ4n) is 4.88. The molecule has 4 rings (SSSR count). The Kier molecular flexibility index (Phi) is 11.9. The summed E-state index contributed by atoms with van der Waals surface area (Å²) in [6, 6.07) is 24.2. The van der Waals surface area contributed by atoms with E-state index in [1.807, 2.05) is 37.3 Å². The molecule has 4 aromatic carbocycles. The molecule has 0 aromatic heterocycles. The first kappa shape index (κ1) is 34.1. The van der Waals surface area contributed by atoms with Crippen LogP contribution >= 0.6 is 0 Å². The molecule has 0 saturated carbocycles.